The summed E-state index contributed by atoms with van der Waals surface area (Å²) in [6.45, 7) is 6.28. The molecule has 13 nitrogen and oxygen atoms in total. The molecule has 0 radical (unpaired) electrons. The third kappa shape index (κ3) is 11.4. The van der Waals surface area contributed by atoms with Gasteiger partial charge in [-0.2, -0.15) is 0 Å². The molecule has 1 aliphatic heterocycles. The normalized spacial score (nSPS) is 24.6. The van der Waals surface area contributed by atoms with E-state index in [-0.39, 0.29) is 19.8 Å². The second-order valence-electron chi connectivity index (χ2n) is 7.10. The van der Waals surface area contributed by atoms with Gasteiger partial charge in [0, 0.05) is 34.2 Å². The molecular formula is C20H34N2O11. The van der Waals surface area contributed by atoms with Crippen LogP contribution >= 0.6 is 0 Å². The fourth-order valence-corrected chi connectivity index (χ4v) is 3.06. The van der Waals surface area contributed by atoms with E-state index >= 15 is 0 Å². The molecule has 13 heteroatoms. The Bertz CT molecular complexity index is 646. The lowest BCUT2D eigenvalue weighted by Crippen LogP contribution is -2.66. The molecular weight excluding hydrogens is 444 g/mol. The molecule has 0 aromatic heterocycles. The zero-order valence-corrected chi connectivity index (χ0v) is 19.4. The summed E-state index contributed by atoms with van der Waals surface area (Å²) in [4.78, 5) is 46.6. The first kappa shape index (κ1) is 28.7. The number of hydrogen-bond donors (Lipinski definition) is 2. The Morgan fingerprint density at radius 2 is 1.39 bits per heavy atom. The maximum Gasteiger partial charge on any atom is 0.303 e. The van der Waals surface area contributed by atoms with Gasteiger partial charge in [0.2, 0.25) is 5.91 Å². The maximum atomic E-state index is 11.8. The van der Waals surface area contributed by atoms with Gasteiger partial charge in [0.15, 0.2) is 18.5 Å². The molecule has 0 unspecified atom stereocenters. The highest BCUT2D eigenvalue weighted by Gasteiger charge is 2.51. The number of hydrogen-bond acceptors (Lipinski definition) is 12. The highest BCUT2D eigenvalue weighted by molar-refractivity contribution is 5.73. The molecule has 1 aliphatic rings. The molecule has 3 N–H and O–H groups in total. The molecule has 0 aromatic rings. The molecule has 0 spiro atoms. The average Bonchev–Trinajstić information content (AvgIpc) is 2.71. The number of carbonyl (C=O) groups is 4. The van der Waals surface area contributed by atoms with Crippen LogP contribution in [-0.4, -0.2) is 101 Å². The van der Waals surface area contributed by atoms with Crippen LogP contribution in [0.2, 0.25) is 0 Å². The number of amides is 1. The van der Waals surface area contributed by atoms with Crippen molar-refractivity contribution < 1.29 is 52.3 Å². The Balaban J connectivity index is 2.95. The van der Waals surface area contributed by atoms with E-state index in [4.69, 9.17) is 38.9 Å². The quantitative estimate of drug-likeness (QED) is 0.171. The summed E-state index contributed by atoms with van der Waals surface area (Å²) in [6.07, 6.45) is -4.48. The monoisotopic (exact) mass is 478 g/mol. The summed E-state index contributed by atoms with van der Waals surface area (Å²) in [6, 6.07) is -1.02. The number of nitrogens with one attached hydrogen (secondary N) is 1. The molecule has 33 heavy (non-hydrogen) atoms. The first-order valence-electron chi connectivity index (χ1n) is 10.5. The largest absolute Gasteiger partial charge is 0.463 e. The van der Waals surface area contributed by atoms with Crippen LogP contribution in [-0.2, 0) is 52.3 Å². The summed E-state index contributed by atoms with van der Waals surface area (Å²) in [5.74, 6) is -2.40. The van der Waals surface area contributed by atoms with Gasteiger partial charge in [0.25, 0.3) is 0 Å². The van der Waals surface area contributed by atoms with Crippen molar-refractivity contribution in [1.82, 2.24) is 5.32 Å². The fraction of sp³-hybridized carbons (Fsp3) is 0.800. The summed E-state index contributed by atoms with van der Waals surface area (Å²) < 4.78 is 37.9. The summed E-state index contributed by atoms with van der Waals surface area (Å²) >= 11 is 0. The van der Waals surface area contributed by atoms with Gasteiger partial charge in [0.1, 0.15) is 18.8 Å². The van der Waals surface area contributed by atoms with Gasteiger partial charge in [-0.15, -0.1) is 0 Å². The van der Waals surface area contributed by atoms with Gasteiger partial charge >= 0.3 is 17.9 Å². The van der Waals surface area contributed by atoms with E-state index in [1.54, 1.807) is 0 Å². The van der Waals surface area contributed by atoms with Crippen molar-refractivity contribution >= 4 is 23.8 Å². The summed E-state index contributed by atoms with van der Waals surface area (Å²) in [7, 11) is 0. The zero-order chi connectivity index (χ0) is 24.8. The van der Waals surface area contributed by atoms with Crippen molar-refractivity contribution in [1.29, 1.82) is 0 Å². The molecule has 0 aromatic carbocycles. The fourth-order valence-electron chi connectivity index (χ4n) is 3.06. The van der Waals surface area contributed by atoms with E-state index < -0.39 is 54.5 Å². The first-order chi connectivity index (χ1) is 15.6. The van der Waals surface area contributed by atoms with Crippen LogP contribution < -0.4 is 11.1 Å². The standard InChI is InChI=1S/C20H34N2O11/c1-12(23)22-17-19(32-15(4)26)18(31-14(3)25)16(11-30-13(2)24)33-20(17)29-10-9-28-8-7-27-6-5-21/h16-20H,5-11,21H2,1-4H3,(H,22,23)/t16-,17-,18+,19+,20+/m0/s1. The lowest BCUT2D eigenvalue weighted by atomic mass is 9.96. The Kier molecular flexibility index (Phi) is 13.5. The number of rotatable bonds is 14. The van der Waals surface area contributed by atoms with Gasteiger partial charge in [-0.1, -0.05) is 0 Å². The number of nitrogens with two attached hydrogens (primary N) is 1. The third-order valence-corrected chi connectivity index (χ3v) is 4.22. The average molecular weight is 478 g/mol. The molecule has 5 atom stereocenters. The van der Waals surface area contributed by atoms with Gasteiger partial charge in [-0.05, 0) is 0 Å². The van der Waals surface area contributed by atoms with Crippen LogP contribution in [0, 0.1) is 0 Å². The molecule has 0 saturated carbocycles. The molecule has 1 saturated heterocycles. The summed E-state index contributed by atoms with van der Waals surface area (Å²) in [5, 5.41) is 2.61. The minimum absolute atomic E-state index is 0.0585. The van der Waals surface area contributed by atoms with Gasteiger partial charge in [-0.3, -0.25) is 19.2 Å². The highest BCUT2D eigenvalue weighted by atomic mass is 16.7. The van der Waals surface area contributed by atoms with E-state index in [0.29, 0.717) is 26.4 Å². The van der Waals surface area contributed by atoms with Crippen LogP contribution in [0.25, 0.3) is 0 Å². The highest BCUT2D eigenvalue weighted by Crippen LogP contribution is 2.28. The Hall–Kier alpha value is -2.32. The SMILES string of the molecule is CC(=O)N[C@@H]1[C@H](OCCOCCOCCN)O[C@@H](COC(C)=O)[C@@H](OC(C)=O)[C@@H]1OC(C)=O. The van der Waals surface area contributed by atoms with Gasteiger partial charge in [-0.25, -0.2) is 0 Å². The van der Waals surface area contributed by atoms with Crippen molar-refractivity contribution in [3.8, 4) is 0 Å². The molecule has 1 heterocycles. The van der Waals surface area contributed by atoms with Crippen LogP contribution in [0.1, 0.15) is 27.7 Å². The third-order valence-electron chi connectivity index (χ3n) is 4.22. The van der Waals surface area contributed by atoms with E-state index in [2.05, 4.69) is 5.32 Å². The summed E-state index contributed by atoms with van der Waals surface area (Å²) in [5.41, 5.74) is 5.33. The van der Waals surface area contributed by atoms with Crippen molar-refractivity contribution in [3.05, 3.63) is 0 Å². The molecule has 190 valence electrons. The van der Waals surface area contributed by atoms with E-state index in [0.717, 1.165) is 6.92 Å². The molecule has 0 bridgehead atoms. The molecule has 1 rings (SSSR count). The van der Waals surface area contributed by atoms with Crippen LogP contribution in [0.5, 0.6) is 0 Å². The minimum atomic E-state index is -1.17. The van der Waals surface area contributed by atoms with E-state index in [1.807, 2.05) is 0 Å². The smallest absolute Gasteiger partial charge is 0.303 e. The van der Waals surface area contributed by atoms with E-state index in [9.17, 15) is 19.2 Å². The van der Waals surface area contributed by atoms with Crippen molar-refractivity contribution in [2.24, 2.45) is 5.73 Å². The van der Waals surface area contributed by atoms with Crippen molar-refractivity contribution in [3.63, 3.8) is 0 Å². The second kappa shape index (κ2) is 15.5. The lowest BCUT2D eigenvalue weighted by Gasteiger charge is -2.44. The van der Waals surface area contributed by atoms with Crippen molar-refractivity contribution in [2.45, 2.75) is 58.3 Å². The Labute approximate surface area is 192 Å². The van der Waals surface area contributed by atoms with Crippen LogP contribution in [0.4, 0.5) is 0 Å². The van der Waals surface area contributed by atoms with E-state index in [1.165, 1.54) is 20.8 Å². The molecule has 1 fully saturated rings. The number of carbonyl (C=O) groups excluding carboxylic acids is 4. The predicted octanol–water partition coefficient (Wildman–Crippen LogP) is -1.35. The van der Waals surface area contributed by atoms with Gasteiger partial charge < -0.3 is 44.2 Å². The van der Waals surface area contributed by atoms with Crippen LogP contribution in [0.3, 0.4) is 0 Å². The topological polar surface area (TPSA) is 171 Å². The van der Waals surface area contributed by atoms with Crippen molar-refractivity contribution in [2.75, 3.05) is 46.2 Å². The lowest BCUT2D eigenvalue weighted by molar-refractivity contribution is -0.279. The maximum absolute atomic E-state index is 11.8. The molecule has 0 aliphatic carbocycles. The Morgan fingerprint density at radius 1 is 0.818 bits per heavy atom. The minimum Gasteiger partial charge on any atom is -0.463 e. The van der Waals surface area contributed by atoms with Crippen LogP contribution in [0.15, 0.2) is 0 Å². The zero-order valence-electron chi connectivity index (χ0n) is 19.4. The predicted molar refractivity (Wildman–Crippen MR) is 111 cm³/mol. The number of ether oxygens (including phenoxy) is 7. The molecule has 1 amide bonds. The van der Waals surface area contributed by atoms with Gasteiger partial charge in [0.05, 0.1) is 33.0 Å². The number of esters is 3. The Morgan fingerprint density at radius 3 is 1.94 bits per heavy atom. The second-order valence-corrected chi connectivity index (χ2v) is 7.10. The first-order valence-corrected chi connectivity index (χ1v) is 10.5.